The molecule has 0 saturated carbocycles. The van der Waals surface area contributed by atoms with Gasteiger partial charge >= 0.3 is 5.97 Å². The number of morpholine rings is 1. The number of ether oxygens (including phenoxy) is 3. The molecule has 1 aliphatic rings. The highest BCUT2D eigenvalue weighted by molar-refractivity contribution is 6.04. The number of nitrogens with one attached hydrogen (secondary N) is 1. The van der Waals surface area contributed by atoms with E-state index in [0.29, 0.717) is 25.1 Å². The third-order valence-corrected chi connectivity index (χ3v) is 8.43. The number of hydrogen-bond donors (Lipinski definition) is 2. The van der Waals surface area contributed by atoms with Gasteiger partial charge in [0.2, 0.25) is 0 Å². The lowest BCUT2D eigenvalue weighted by atomic mass is 9.97. The zero-order valence-electron chi connectivity index (χ0n) is 25.5. The molecule has 0 aliphatic carbocycles. The van der Waals surface area contributed by atoms with Gasteiger partial charge in [-0.05, 0) is 36.8 Å². The minimum absolute atomic E-state index is 0. The zero-order valence-corrected chi connectivity index (χ0v) is 25.5. The number of aryl methyl sites for hydroxylation is 2. The van der Waals surface area contributed by atoms with E-state index >= 15 is 0 Å². The van der Waals surface area contributed by atoms with Gasteiger partial charge < -0.3 is 24.3 Å². The summed E-state index contributed by atoms with van der Waals surface area (Å²) in [5.41, 5.74) is 5.71. The molecule has 0 atom stereocenters. The van der Waals surface area contributed by atoms with Gasteiger partial charge in [0, 0.05) is 56.4 Å². The molecule has 6 rings (SSSR count). The Morgan fingerprint density at radius 1 is 1.05 bits per heavy atom. The first kappa shape index (κ1) is 29.9. The molecule has 1 fully saturated rings. The lowest BCUT2D eigenvalue weighted by Gasteiger charge is -2.26. The zero-order chi connectivity index (χ0) is 30.5. The standard InChI is InChI=1S/C35H40N4O5.H2/c1-3-43-35(41)34-27(14-8-20-44-31-15-6-10-24-9-4-5-11-25(24)31)26-12-7-13-28(33(26)36-34)32-29(37-38(2)30(32)23-40)16-17-39-18-21-42-22-19-39;/h4-7,9-13,15,36,40H,3,8,14,16-23H2,1-2H3;1H. The van der Waals surface area contributed by atoms with Crippen LogP contribution in [0.4, 0.5) is 0 Å². The van der Waals surface area contributed by atoms with Crippen molar-refractivity contribution >= 4 is 27.6 Å². The largest absolute Gasteiger partial charge is 0.493 e. The van der Waals surface area contributed by atoms with Crippen molar-refractivity contribution in [3.8, 4) is 16.9 Å². The Labute approximate surface area is 258 Å². The van der Waals surface area contributed by atoms with Crippen molar-refractivity contribution in [2.45, 2.75) is 32.8 Å². The first-order chi connectivity index (χ1) is 21.6. The normalized spacial score (nSPS) is 14.0. The average molecular weight is 599 g/mol. The number of para-hydroxylation sites is 1. The average Bonchev–Trinajstić information content (AvgIpc) is 3.59. The van der Waals surface area contributed by atoms with E-state index in [4.69, 9.17) is 19.3 Å². The molecule has 9 nitrogen and oxygen atoms in total. The summed E-state index contributed by atoms with van der Waals surface area (Å²) in [6.45, 7) is 6.60. The van der Waals surface area contributed by atoms with Gasteiger partial charge in [-0.2, -0.15) is 5.10 Å². The van der Waals surface area contributed by atoms with Gasteiger partial charge in [-0.3, -0.25) is 9.58 Å². The van der Waals surface area contributed by atoms with E-state index in [1.807, 2.05) is 56.4 Å². The van der Waals surface area contributed by atoms with E-state index in [-0.39, 0.29) is 20.6 Å². The van der Waals surface area contributed by atoms with Crippen LogP contribution < -0.4 is 4.74 Å². The molecule has 2 N–H and O–H groups in total. The number of esters is 1. The summed E-state index contributed by atoms with van der Waals surface area (Å²) in [5.74, 6) is 0.480. The lowest BCUT2D eigenvalue weighted by Crippen LogP contribution is -2.37. The number of aliphatic hydroxyl groups is 1. The highest BCUT2D eigenvalue weighted by Crippen LogP contribution is 2.37. The van der Waals surface area contributed by atoms with Crippen molar-refractivity contribution in [2.24, 2.45) is 7.05 Å². The van der Waals surface area contributed by atoms with Crippen LogP contribution in [0.25, 0.3) is 32.8 Å². The number of fused-ring (bicyclic) bond motifs is 2. The summed E-state index contributed by atoms with van der Waals surface area (Å²) in [4.78, 5) is 19.0. The van der Waals surface area contributed by atoms with Crippen LogP contribution in [0.1, 0.15) is 42.2 Å². The van der Waals surface area contributed by atoms with Gasteiger partial charge in [-0.25, -0.2) is 4.79 Å². The number of nitrogens with zero attached hydrogens (tertiary/aromatic N) is 3. The molecule has 2 aromatic heterocycles. The minimum atomic E-state index is -0.374. The molecule has 0 amide bonds. The number of aromatic nitrogens is 3. The number of carbonyl (C=O) groups is 1. The van der Waals surface area contributed by atoms with Gasteiger partial charge in [-0.1, -0.05) is 54.6 Å². The summed E-state index contributed by atoms with van der Waals surface area (Å²) in [6.07, 6.45) is 2.09. The number of benzene rings is 3. The molecule has 44 heavy (non-hydrogen) atoms. The van der Waals surface area contributed by atoms with Crippen molar-refractivity contribution in [2.75, 3.05) is 46.1 Å². The number of rotatable bonds is 12. The Hall–Kier alpha value is -4.18. The second-order valence-electron chi connectivity index (χ2n) is 11.1. The third-order valence-electron chi connectivity index (χ3n) is 8.43. The number of hydrogen-bond acceptors (Lipinski definition) is 7. The van der Waals surface area contributed by atoms with Crippen LogP contribution in [-0.2, 0) is 36.0 Å². The molecular formula is C35H42N4O5. The molecule has 3 aromatic carbocycles. The van der Waals surface area contributed by atoms with Crippen LogP contribution in [0, 0.1) is 0 Å². The maximum atomic E-state index is 13.2. The fourth-order valence-electron chi connectivity index (χ4n) is 6.25. The van der Waals surface area contributed by atoms with Gasteiger partial charge in [0.1, 0.15) is 11.4 Å². The van der Waals surface area contributed by atoms with Crippen LogP contribution in [0.2, 0.25) is 0 Å². The van der Waals surface area contributed by atoms with Gasteiger partial charge in [0.15, 0.2) is 0 Å². The first-order valence-electron chi connectivity index (χ1n) is 15.5. The minimum Gasteiger partial charge on any atom is -0.493 e. The Morgan fingerprint density at radius 2 is 1.82 bits per heavy atom. The monoisotopic (exact) mass is 598 g/mol. The molecule has 3 heterocycles. The Kier molecular flexibility index (Phi) is 9.26. The lowest BCUT2D eigenvalue weighted by molar-refractivity contribution is 0.0383. The third kappa shape index (κ3) is 6.08. The van der Waals surface area contributed by atoms with Crippen molar-refractivity contribution in [1.29, 1.82) is 0 Å². The summed E-state index contributed by atoms with van der Waals surface area (Å²) >= 11 is 0. The molecule has 0 bridgehead atoms. The van der Waals surface area contributed by atoms with Gasteiger partial charge in [0.25, 0.3) is 0 Å². The second-order valence-corrected chi connectivity index (χ2v) is 11.1. The maximum Gasteiger partial charge on any atom is 0.355 e. The highest BCUT2D eigenvalue weighted by atomic mass is 16.5. The van der Waals surface area contributed by atoms with E-state index in [1.54, 1.807) is 4.68 Å². The summed E-state index contributed by atoms with van der Waals surface area (Å²) in [5, 5.41) is 18.4. The molecule has 1 aliphatic heterocycles. The predicted molar refractivity (Wildman–Crippen MR) is 173 cm³/mol. The van der Waals surface area contributed by atoms with Crippen molar-refractivity contribution in [3.05, 3.63) is 83.3 Å². The molecule has 9 heteroatoms. The second kappa shape index (κ2) is 13.6. The Morgan fingerprint density at radius 3 is 2.64 bits per heavy atom. The van der Waals surface area contributed by atoms with E-state index in [2.05, 4.69) is 28.1 Å². The van der Waals surface area contributed by atoms with E-state index < -0.39 is 0 Å². The quantitative estimate of drug-likeness (QED) is 0.144. The molecule has 5 aromatic rings. The molecular weight excluding hydrogens is 556 g/mol. The Balaban J connectivity index is 0.00000400. The number of carbonyl (C=O) groups excluding carboxylic acids is 1. The van der Waals surface area contributed by atoms with Crippen LogP contribution in [-0.4, -0.2) is 76.8 Å². The fraction of sp³-hybridized carbons (Fsp3) is 0.371. The predicted octanol–water partition coefficient (Wildman–Crippen LogP) is 5.52. The first-order valence-corrected chi connectivity index (χ1v) is 15.5. The van der Waals surface area contributed by atoms with Crippen LogP contribution >= 0.6 is 0 Å². The van der Waals surface area contributed by atoms with Crippen LogP contribution in [0.5, 0.6) is 5.75 Å². The highest BCUT2D eigenvalue weighted by Gasteiger charge is 2.25. The molecule has 0 unspecified atom stereocenters. The van der Waals surface area contributed by atoms with Crippen molar-refractivity contribution < 1.29 is 25.5 Å². The molecule has 0 spiro atoms. The number of aliphatic hydroxyl groups excluding tert-OH is 1. The van der Waals surface area contributed by atoms with E-state index in [9.17, 15) is 9.90 Å². The number of aromatic amines is 1. The van der Waals surface area contributed by atoms with Gasteiger partial charge in [0.05, 0.1) is 49.9 Å². The molecule has 1 saturated heterocycles. The van der Waals surface area contributed by atoms with Gasteiger partial charge in [-0.15, -0.1) is 0 Å². The van der Waals surface area contributed by atoms with E-state index in [0.717, 1.165) is 94.8 Å². The summed E-state index contributed by atoms with van der Waals surface area (Å²) < 4.78 is 19.0. The Bertz CT molecular complexity index is 1750. The van der Waals surface area contributed by atoms with Crippen molar-refractivity contribution in [3.63, 3.8) is 0 Å². The molecule has 232 valence electrons. The smallest absolute Gasteiger partial charge is 0.355 e. The van der Waals surface area contributed by atoms with Crippen molar-refractivity contribution in [1.82, 2.24) is 19.7 Å². The maximum absolute atomic E-state index is 13.2. The topological polar surface area (TPSA) is 102 Å². The summed E-state index contributed by atoms with van der Waals surface area (Å²) in [7, 11) is 1.87. The number of H-pyrrole nitrogens is 1. The summed E-state index contributed by atoms with van der Waals surface area (Å²) in [6, 6.07) is 20.4. The van der Waals surface area contributed by atoms with Crippen LogP contribution in [0.15, 0.2) is 60.7 Å². The SMILES string of the molecule is CCOC(=O)c1[nH]c2c(-c3c(CCN4CCOCC4)nn(C)c3CO)cccc2c1CCCOc1cccc2ccccc12.[HH]. The van der Waals surface area contributed by atoms with Crippen LogP contribution in [0.3, 0.4) is 0 Å². The van der Waals surface area contributed by atoms with E-state index in [1.165, 1.54) is 0 Å². The molecule has 0 radical (unpaired) electrons. The fourth-order valence-corrected chi connectivity index (χ4v) is 6.25.